The zero-order chi connectivity index (χ0) is 11.4. The number of rotatable bonds is 3. The fourth-order valence-electron chi connectivity index (χ4n) is 2.16. The molecule has 16 heavy (non-hydrogen) atoms. The lowest BCUT2D eigenvalue weighted by atomic mass is 9.99. The van der Waals surface area contributed by atoms with E-state index < -0.39 is 5.97 Å². The quantitative estimate of drug-likeness (QED) is 0.833. The first-order valence-electron chi connectivity index (χ1n) is 5.52. The third-order valence-electron chi connectivity index (χ3n) is 2.88. The van der Waals surface area contributed by atoms with E-state index in [1.807, 2.05) is 0 Å². The van der Waals surface area contributed by atoms with Gasteiger partial charge in [0.05, 0.1) is 12.6 Å². The van der Waals surface area contributed by atoms with Crippen molar-refractivity contribution in [3.8, 4) is 0 Å². The first-order valence-corrected chi connectivity index (χ1v) is 5.52. The lowest BCUT2D eigenvalue weighted by molar-refractivity contribution is -0.137. The van der Waals surface area contributed by atoms with Gasteiger partial charge >= 0.3 is 5.97 Å². The number of aliphatic carboxylic acids is 1. The van der Waals surface area contributed by atoms with Crippen LogP contribution in [0.4, 0.5) is 5.82 Å². The number of hydrogen-bond donors (Lipinski definition) is 1. The summed E-state index contributed by atoms with van der Waals surface area (Å²) >= 11 is 0. The predicted molar refractivity (Wildman–Crippen MR) is 59.3 cm³/mol. The van der Waals surface area contributed by atoms with Crippen molar-refractivity contribution in [1.82, 2.24) is 9.97 Å². The molecule has 1 aromatic heterocycles. The van der Waals surface area contributed by atoms with Gasteiger partial charge in [-0.3, -0.25) is 9.78 Å². The van der Waals surface area contributed by atoms with Crippen molar-refractivity contribution in [3.63, 3.8) is 0 Å². The topological polar surface area (TPSA) is 66.3 Å². The molecule has 1 fully saturated rings. The molecule has 2 heterocycles. The van der Waals surface area contributed by atoms with E-state index in [0.717, 1.165) is 31.6 Å². The molecule has 1 aliphatic rings. The molecule has 1 atom stereocenters. The average Bonchev–Trinajstić information content (AvgIpc) is 2.30. The highest BCUT2D eigenvalue weighted by Crippen LogP contribution is 2.24. The van der Waals surface area contributed by atoms with Gasteiger partial charge in [-0.1, -0.05) is 0 Å². The summed E-state index contributed by atoms with van der Waals surface area (Å²) in [5.41, 5.74) is 0. The highest BCUT2D eigenvalue weighted by atomic mass is 16.4. The van der Waals surface area contributed by atoms with Crippen LogP contribution in [0.1, 0.15) is 25.7 Å². The number of aromatic nitrogens is 2. The summed E-state index contributed by atoms with van der Waals surface area (Å²) in [6.45, 7) is 0.872. The van der Waals surface area contributed by atoms with Gasteiger partial charge in [-0.15, -0.1) is 0 Å². The Morgan fingerprint density at radius 2 is 2.38 bits per heavy atom. The molecule has 2 rings (SSSR count). The summed E-state index contributed by atoms with van der Waals surface area (Å²) < 4.78 is 0. The van der Waals surface area contributed by atoms with Crippen LogP contribution in [-0.2, 0) is 4.79 Å². The zero-order valence-corrected chi connectivity index (χ0v) is 9.04. The Labute approximate surface area is 94.1 Å². The molecule has 0 aliphatic carbocycles. The highest BCUT2D eigenvalue weighted by molar-refractivity contribution is 5.68. The Morgan fingerprint density at radius 3 is 3.06 bits per heavy atom. The standard InChI is InChI=1S/C11H15N3O2/c15-11(16)7-9-3-1-2-6-14(9)10-8-12-4-5-13-10/h4-5,8-9H,1-3,6-7H2,(H,15,16). The maximum Gasteiger partial charge on any atom is 0.305 e. The van der Waals surface area contributed by atoms with E-state index in [0.29, 0.717) is 0 Å². The van der Waals surface area contributed by atoms with Crippen molar-refractivity contribution in [2.24, 2.45) is 0 Å². The smallest absolute Gasteiger partial charge is 0.305 e. The molecule has 1 aromatic rings. The van der Waals surface area contributed by atoms with E-state index in [-0.39, 0.29) is 12.5 Å². The fourth-order valence-corrected chi connectivity index (χ4v) is 2.16. The Hall–Kier alpha value is -1.65. The van der Waals surface area contributed by atoms with Gasteiger partial charge in [0.1, 0.15) is 5.82 Å². The largest absolute Gasteiger partial charge is 0.481 e. The lowest BCUT2D eigenvalue weighted by Crippen LogP contribution is -2.41. The van der Waals surface area contributed by atoms with Gasteiger partial charge in [-0.25, -0.2) is 4.98 Å². The second-order valence-electron chi connectivity index (χ2n) is 4.00. The molecule has 0 bridgehead atoms. The van der Waals surface area contributed by atoms with Crippen LogP contribution >= 0.6 is 0 Å². The molecule has 0 amide bonds. The normalized spacial score (nSPS) is 20.8. The van der Waals surface area contributed by atoms with E-state index in [1.165, 1.54) is 0 Å². The maximum atomic E-state index is 10.8. The summed E-state index contributed by atoms with van der Waals surface area (Å²) in [5, 5.41) is 8.87. The second-order valence-corrected chi connectivity index (χ2v) is 4.00. The van der Waals surface area contributed by atoms with Gasteiger partial charge in [0.2, 0.25) is 0 Å². The highest BCUT2D eigenvalue weighted by Gasteiger charge is 2.25. The van der Waals surface area contributed by atoms with Crippen molar-refractivity contribution >= 4 is 11.8 Å². The minimum atomic E-state index is -0.749. The van der Waals surface area contributed by atoms with Gasteiger partial charge in [0.15, 0.2) is 0 Å². The SMILES string of the molecule is O=C(O)CC1CCCCN1c1cnccn1. The summed E-state index contributed by atoms with van der Waals surface area (Å²) in [4.78, 5) is 21.1. The summed E-state index contributed by atoms with van der Waals surface area (Å²) in [6, 6.07) is 0.0583. The molecule has 86 valence electrons. The minimum absolute atomic E-state index is 0.0583. The van der Waals surface area contributed by atoms with Crippen molar-refractivity contribution in [2.45, 2.75) is 31.7 Å². The monoisotopic (exact) mass is 221 g/mol. The third-order valence-corrected chi connectivity index (χ3v) is 2.88. The van der Waals surface area contributed by atoms with E-state index in [1.54, 1.807) is 18.6 Å². The van der Waals surface area contributed by atoms with Gasteiger partial charge in [0.25, 0.3) is 0 Å². The molecule has 1 aliphatic heterocycles. The molecule has 0 saturated carbocycles. The number of carbonyl (C=O) groups is 1. The van der Waals surface area contributed by atoms with Crippen LogP contribution in [0.15, 0.2) is 18.6 Å². The van der Waals surface area contributed by atoms with E-state index >= 15 is 0 Å². The first-order chi connectivity index (χ1) is 7.77. The number of carboxylic acids is 1. The molecule has 0 spiro atoms. The molecule has 0 radical (unpaired) electrons. The van der Waals surface area contributed by atoms with Crippen LogP contribution in [0.2, 0.25) is 0 Å². The Morgan fingerprint density at radius 1 is 1.50 bits per heavy atom. The number of hydrogen-bond acceptors (Lipinski definition) is 4. The van der Waals surface area contributed by atoms with Crippen LogP contribution in [0.3, 0.4) is 0 Å². The van der Waals surface area contributed by atoms with Crippen LogP contribution in [0.25, 0.3) is 0 Å². The van der Waals surface area contributed by atoms with Crippen LogP contribution in [-0.4, -0.2) is 33.6 Å². The van der Waals surface area contributed by atoms with Crippen LogP contribution < -0.4 is 4.90 Å². The van der Waals surface area contributed by atoms with E-state index in [4.69, 9.17) is 5.11 Å². The molecule has 1 saturated heterocycles. The number of nitrogens with zero attached hydrogens (tertiary/aromatic N) is 3. The summed E-state index contributed by atoms with van der Waals surface area (Å²) in [5.74, 6) is 0.0363. The minimum Gasteiger partial charge on any atom is -0.481 e. The Bertz CT molecular complexity index is 356. The van der Waals surface area contributed by atoms with Crippen LogP contribution in [0.5, 0.6) is 0 Å². The van der Waals surface area contributed by atoms with Gasteiger partial charge < -0.3 is 10.0 Å². The predicted octanol–water partition coefficient (Wildman–Crippen LogP) is 1.31. The number of piperidine rings is 1. The lowest BCUT2D eigenvalue weighted by Gasteiger charge is -2.35. The first kappa shape index (κ1) is 10.9. The van der Waals surface area contributed by atoms with Gasteiger partial charge in [-0.05, 0) is 19.3 Å². The van der Waals surface area contributed by atoms with Crippen molar-refractivity contribution < 1.29 is 9.90 Å². The van der Waals surface area contributed by atoms with Crippen LogP contribution in [0, 0.1) is 0 Å². The molecule has 0 aromatic carbocycles. The Balaban J connectivity index is 2.13. The van der Waals surface area contributed by atoms with Gasteiger partial charge in [0, 0.05) is 25.0 Å². The van der Waals surface area contributed by atoms with Crippen molar-refractivity contribution in [3.05, 3.63) is 18.6 Å². The zero-order valence-electron chi connectivity index (χ0n) is 9.04. The third kappa shape index (κ3) is 2.48. The Kier molecular flexibility index (Phi) is 3.34. The summed E-state index contributed by atoms with van der Waals surface area (Å²) in [6.07, 6.45) is 8.24. The van der Waals surface area contributed by atoms with E-state index in [2.05, 4.69) is 14.9 Å². The van der Waals surface area contributed by atoms with Gasteiger partial charge in [-0.2, -0.15) is 0 Å². The molecular weight excluding hydrogens is 206 g/mol. The average molecular weight is 221 g/mol. The van der Waals surface area contributed by atoms with E-state index in [9.17, 15) is 4.79 Å². The molecule has 1 N–H and O–H groups in total. The number of anilines is 1. The van der Waals surface area contributed by atoms with Crippen molar-refractivity contribution in [2.75, 3.05) is 11.4 Å². The molecule has 1 unspecified atom stereocenters. The molecule has 5 nitrogen and oxygen atoms in total. The molecular formula is C11H15N3O2. The fraction of sp³-hybridized carbons (Fsp3) is 0.545. The maximum absolute atomic E-state index is 10.8. The summed E-state index contributed by atoms with van der Waals surface area (Å²) in [7, 11) is 0. The second kappa shape index (κ2) is 4.92. The van der Waals surface area contributed by atoms with Crippen molar-refractivity contribution in [1.29, 1.82) is 0 Å². The molecule has 5 heteroatoms. The number of carboxylic acid groups (broad SMARTS) is 1.